The van der Waals surface area contributed by atoms with Crippen LogP contribution in [0.15, 0.2) is 11.8 Å². The van der Waals surface area contributed by atoms with Gasteiger partial charge in [-0.2, -0.15) is 0 Å². The quantitative estimate of drug-likeness (QED) is 0.182. The lowest BCUT2D eigenvalue weighted by Gasteiger charge is -2.29. The summed E-state index contributed by atoms with van der Waals surface area (Å²) in [6.07, 6.45) is 0.760. The molecule has 10 heteroatoms. The lowest BCUT2D eigenvalue weighted by molar-refractivity contribution is -0.143. The molecule has 0 heterocycles. The van der Waals surface area contributed by atoms with Gasteiger partial charge in [0.05, 0.1) is 33.5 Å². The summed E-state index contributed by atoms with van der Waals surface area (Å²) in [6.45, 7) is 17.2. The molecule has 7 nitrogen and oxygen atoms in total. The van der Waals surface area contributed by atoms with Gasteiger partial charge in [0.1, 0.15) is 17.2 Å². The van der Waals surface area contributed by atoms with Gasteiger partial charge >= 0.3 is 5.97 Å². The normalized spacial score (nSPS) is 12.8. The topological polar surface area (TPSA) is 72.5 Å². The highest BCUT2D eigenvalue weighted by Gasteiger charge is 2.31. The Labute approximate surface area is 204 Å². The Bertz CT molecular complexity index is 853. The zero-order chi connectivity index (χ0) is 25.6. The zero-order valence-electron chi connectivity index (χ0n) is 22.4. The highest BCUT2D eigenvalue weighted by Crippen LogP contribution is 2.39. The molecule has 0 radical (unpaired) electrons. The summed E-state index contributed by atoms with van der Waals surface area (Å²) >= 11 is 0. The van der Waals surface area contributed by atoms with Crippen molar-refractivity contribution in [3.8, 4) is 17.2 Å². The van der Waals surface area contributed by atoms with Crippen LogP contribution in [-0.2, 0) is 19.0 Å². The summed E-state index contributed by atoms with van der Waals surface area (Å²) in [5, 5.41) is 0.906. The van der Waals surface area contributed by atoms with Gasteiger partial charge in [-0.25, -0.2) is 4.79 Å². The molecule has 188 valence electrons. The predicted octanol–water partition coefficient (Wildman–Crippen LogP) is 3.66. The van der Waals surface area contributed by atoms with Crippen molar-refractivity contribution in [3.05, 3.63) is 17.4 Å². The second kappa shape index (κ2) is 12.0. The molecule has 0 amide bonds. The second-order valence-electron chi connectivity index (χ2n) is 10.2. The Morgan fingerprint density at radius 1 is 0.939 bits per heavy atom. The number of benzene rings is 1. The molecule has 1 aromatic carbocycles. The minimum atomic E-state index is -1.98. The molecule has 0 atom stereocenters. The number of rotatable bonds is 12. The molecular formula is C23H42O7Si3. The molecule has 0 aromatic heterocycles. The van der Waals surface area contributed by atoms with E-state index in [1.165, 1.54) is 14.2 Å². The van der Waals surface area contributed by atoms with Crippen molar-refractivity contribution in [2.24, 2.45) is 5.92 Å². The Balaban J connectivity index is 3.75. The summed E-state index contributed by atoms with van der Waals surface area (Å²) in [7, 11) is 1.23. The summed E-state index contributed by atoms with van der Waals surface area (Å²) in [5.41, 5.74) is 0.568. The van der Waals surface area contributed by atoms with Crippen molar-refractivity contribution < 1.29 is 32.6 Å². The SMILES string of the molecule is COC(C(=O)OCCC(C)C)=C(OC)c1cc(O[Si](C)(C)C)c(O[Si](C)(C)C)c([SiH3])c1OC. The van der Waals surface area contributed by atoms with E-state index in [0.717, 1.165) is 17.4 Å². The molecule has 0 aliphatic carbocycles. The third-order valence-electron chi connectivity index (χ3n) is 4.43. The van der Waals surface area contributed by atoms with Crippen LogP contribution in [0.2, 0.25) is 39.3 Å². The summed E-state index contributed by atoms with van der Waals surface area (Å²) < 4.78 is 35.2. The fraction of sp³-hybridized carbons (Fsp3) is 0.609. The first-order valence-corrected chi connectivity index (χ1v) is 19.1. The highest BCUT2D eigenvalue weighted by atomic mass is 28.4. The minimum Gasteiger partial charge on any atom is -0.542 e. The molecule has 0 aliphatic heterocycles. The van der Waals surface area contributed by atoms with E-state index < -0.39 is 22.6 Å². The molecule has 0 bridgehead atoms. The Morgan fingerprint density at radius 3 is 1.94 bits per heavy atom. The summed E-state index contributed by atoms with van der Waals surface area (Å²) in [6, 6.07) is 1.83. The van der Waals surface area contributed by atoms with Gasteiger partial charge in [0, 0.05) is 15.4 Å². The standard InChI is InChI=1S/C23H42O7Si3/c1-15(2)12-13-28-23(24)21(27-5)18(25-3)16-14-17(29-32(6,7)8)20(30-33(9,10)11)22(31)19(16)26-4/h14-15H,12-13H2,1-11,31H3. The number of hydrogen-bond acceptors (Lipinski definition) is 7. The van der Waals surface area contributed by atoms with Crippen molar-refractivity contribution >= 4 is 43.8 Å². The molecule has 0 fully saturated rings. The number of hydrogen-bond donors (Lipinski definition) is 0. The number of esters is 1. The van der Waals surface area contributed by atoms with Crippen LogP contribution in [0.4, 0.5) is 0 Å². The van der Waals surface area contributed by atoms with Gasteiger partial charge in [-0.15, -0.1) is 0 Å². The van der Waals surface area contributed by atoms with Gasteiger partial charge in [0.15, 0.2) is 5.76 Å². The molecule has 0 saturated heterocycles. The Kier molecular flexibility index (Phi) is 10.6. The molecular weight excluding hydrogens is 473 g/mol. The van der Waals surface area contributed by atoms with Crippen molar-refractivity contribution in [1.29, 1.82) is 0 Å². The van der Waals surface area contributed by atoms with Crippen molar-refractivity contribution in [3.63, 3.8) is 0 Å². The highest BCUT2D eigenvalue weighted by molar-refractivity contribution is 6.71. The minimum absolute atomic E-state index is 0.0153. The molecule has 0 saturated carbocycles. The Hall–Kier alpha value is -1.92. The average Bonchev–Trinajstić information content (AvgIpc) is 2.66. The second-order valence-corrected chi connectivity index (χ2v) is 20.1. The van der Waals surface area contributed by atoms with Crippen LogP contribution < -0.4 is 18.8 Å². The van der Waals surface area contributed by atoms with Crippen molar-refractivity contribution in [2.45, 2.75) is 59.6 Å². The largest absolute Gasteiger partial charge is 0.542 e. The first kappa shape index (κ1) is 29.1. The van der Waals surface area contributed by atoms with Crippen LogP contribution in [-0.4, -0.2) is 60.8 Å². The van der Waals surface area contributed by atoms with E-state index in [4.69, 9.17) is 27.8 Å². The van der Waals surface area contributed by atoms with E-state index in [2.05, 4.69) is 53.1 Å². The molecule has 33 heavy (non-hydrogen) atoms. The van der Waals surface area contributed by atoms with E-state index >= 15 is 0 Å². The third kappa shape index (κ3) is 8.74. The van der Waals surface area contributed by atoms with E-state index in [9.17, 15) is 4.79 Å². The maximum Gasteiger partial charge on any atom is 0.377 e. The fourth-order valence-electron chi connectivity index (χ4n) is 3.07. The maximum atomic E-state index is 12.8. The third-order valence-corrected chi connectivity index (χ3v) is 6.98. The lowest BCUT2D eigenvalue weighted by Crippen LogP contribution is -2.35. The predicted molar refractivity (Wildman–Crippen MR) is 142 cm³/mol. The Morgan fingerprint density at radius 2 is 1.52 bits per heavy atom. The monoisotopic (exact) mass is 514 g/mol. The molecule has 0 aliphatic rings. The van der Waals surface area contributed by atoms with Crippen LogP contribution >= 0.6 is 0 Å². The van der Waals surface area contributed by atoms with Crippen LogP contribution in [0, 0.1) is 5.92 Å². The van der Waals surface area contributed by atoms with Gasteiger partial charge in [-0.1, -0.05) is 13.8 Å². The summed E-state index contributed by atoms with van der Waals surface area (Å²) in [5.74, 6) is 2.00. The van der Waals surface area contributed by atoms with E-state index in [-0.39, 0.29) is 11.5 Å². The van der Waals surface area contributed by atoms with Crippen LogP contribution in [0.3, 0.4) is 0 Å². The van der Waals surface area contributed by atoms with Gasteiger partial charge in [-0.3, -0.25) is 0 Å². The smallest absolute Gasteiger partial charge is 0.377 e. The summed E-state index contributed by atoms with van der Waals surface area (Å²) in [4.78, 5) is 12.8. The van der Waals surface area contributed by atoms with Gasteiger partial charge in [0.25, 0.3) is 0 Å². The van der Waals surface area contributed by atoms with E-state index in [1.807, 2.05) is 6.07 Å². The van der Waals surface area contributed by atoms with Crippen LogP contribution in [0.25, 0.3) is 5.76 Å². The fourth-order valence-corrected chi connectivity index (χ4v) is 5.77. The van der Waals surface area contributed by atoms with E-state index in [0.29, 0.717) is 39.8 Å². The zero-order valence-corrected chi connectivity index (χ0v) is 26.4. The molecule has 0 N–H and O–H groups in total. The number of ether oxygens (including phenoxy) is 4. The number of methoxy groups -OCH3 is 3. The van der Waals surface area contributed by atoms with Crippen molar-refractivity contribution in [2.75, 3.05) is 27.9 Å². The molecule has 1 rings (SSSR count). The van der Waals surface area contributed by atoms with Crippen LogP contribution in [0.1, 0.15) is 25.8 Å². The molecule has 0 unspecified atom stereocenters. The van der Waals surface area contributed by atoms with Crippen LogP contribution in [0.5, 0.6) is 17.2 Å². The molecule has 1 aromatic rings. The van der Waals surface area contributed by atoms with Gasteiger partial charge in [0.2, 0.25) is 22.4 Å². The first-order chi connectivity index (χ1) is 15.1. The maximum absolute atomic E-state index is 12.8. The number of carbonyl (C=O) groups is 1. The molecule has 0 spiro atoms. The van der Waals surface area contributed by atoms with Gasteiger partial charge < -0.3 is 27.8 Å². The van der Waals surface area contributed by atoms with Crippen molar-refractivity contribution in [1.82, 2.24) is 0 Å². The number of carbonyl (C=O) groups excluding carboxylic acids is 1. The average molecular weight is 515 g/mol. The lowest BCUT2D eigenvalue weighted by atomic mass is 10.1. The van der Waals surface area contributed by atoms with E-state index in [1.54, 1.807) is 7.11 Å². The first-order valence-electron chi connectivity index (χ1n) is 11.2. The van der Waals surface area contributed by atoms with Gasteiger partial charge in [-0.05, 0) is 57.7 Å².